The largest absolute Gasteiger partial charge is 0.489 e. The van der Waals surface area contributed by atoms with Crippen molar-refractivity contribution in [2.75, 3.05) is 20.3 Å². The molecule has 0 aliphatic carbocycles. The van der Waals surface area contributed by atoms with Crippen LogP contribution in [0.4, 0.5) is 4.79 Å². The van der Waals surface area contributed by atoms with E-state index in [9.17, 15) is 4.79 Å². The second-order valence-corrected chi connectivity index (χ2v) is 7.68. The minimum absolute atomic E-state index is 0.170. The van der Waals surface area contributed by atoms with Crippen LogP contribution < -0.4 is 4.74 Å². The van der Waals surface area contributed by atoms with Gasteiger partial charge in [0.1, 0.15) is 18.0 Å². The van der Waals surface area contributed by atoms with E-state index in [1.54, 1.807) is 24.5 Å². The zero-order valence-corrected chi connectivity index (χ0v) is 16.4. The van der Waals surface area contributed by atoms with Crippen LogP contribution >= 0.6 is 0 Å². The Hall–Kier alpha value is -2.47. The highest BCUT2D eigenvalue weighted by Crippen LogP contribution is 2.33. The Balaban J connectivity index is 1.76. The van der Waals surface area contributed by atoms with Crippen LogP contribution in [0.25, 0.3) is 0 Å². The molecular formula is C21H27NO5. The van der Waals surface area contributed by atoms with Gasteiger partial charge >= 0.3 is 6.09 Å². The van der Waals surface area contributed by atoms with Gasteiger partial charge in [0.05, 0.1) is 25.2 Å². The number of ether oxygens (including phenoxy) is 3. The smallest absolute Gasteiger partial charge is 0.410 e. The van der Waals surface area contributed by atoms with Crippen molar-refractivity contribution in [1.82, 2.24) is 4.90 Å². The number of carbonyl (C=O) groups excluding carboxylic acids is 1. The third-order valence-corrected chi connectivity index (χ3v) is 4.41. The van der Waals surface area contributed by atoms with Gasteiger partial charge in [-0.25, -0.2) is 4.79 Å². The molecule has 3 rings (SSSR count). The molecule has 1 amide bonds. The lowest BCUT2D eigenvalue weighted by Crippen LogP contribution is -2.44. The van der Waals surface area contributed by atoms with Crippen LogP contribution in [0.3, 0.4) is 0 Å². The number of methoxy groups -OCH3 is 1. The minimum Gasteiger partial charge on any atom is -0.489 e. The van der Waals surface area contributed by atoms with Crippen molar-refractivity contribution in [2.24, 2.45) is 0 Å². The van der Waals surface area contributed by atoms with Crippen molar-refractivity contribution >= 4 is 6.09 Å². The summed E-state index contributed by atoms with van der Waals surface area (Å²) in [7, 11) is 1.64. The number of amides is 1. The Labute approximate surface area is 160 Å². The molecule has 1 aliphatic heterocycles. The minimum atomic E-state index is -0.528. The van der Waals surface area contributed by atoms with Gasteiger partial charge in [0, 0.05) is 19.2 Å². The molecule has 0 fully saturated rings. The second-order valence-electron chi connectivity index (χ2n) is 7.68. The zero-order chi connectivity index (χ0) is 19.4. The standard InChI is InChI=1S/C21H27NO5/c1-21(2,3)27-20(23)22-9-7-16-11-17(26-13-15-8-10-25-12-15)5-6-18(16)19(22)14-24-4/h5-6,8,10-12,19H,7,9,13-14H2,1-4H3/t19-/m0/s1. The summed E-state index contributed by atoms with van der Waals surface area (Å²) in [5.41, 5.74) is 2.70. The Morgan fingerprint density at radius 3 is 2.78 bits per heavy atom. The molecule has 0 radical (unpaired) electrons. The van der Waals surface area contributed by atoms with E-state index in [4.69, 9.17) is 18.6 Å². The van der Waals surface area contributed by atoms with Crippen molar-refractivity contribution in [3.05, 3.63) is 53.5 Å². The molecule has 1 aromatic carbocycles. The number of fused-ring (bicyclic) bond motifs is 1. The number of furan rings is 1. The Bertz CT molecular complexity index is 763. The van der Waals surface area contributed by atoms with Gasteiger partial charge in [-0.2, -0.15) is 0 Å². The molecule has 0 spiro atoms. The van der Waals surface area contributed by atoms with E-state index >= 15 is 0 Å². The number of rotatable bonds is 5. The van der Waals surface area contributed by atoms with Crippen LogP contribution in [-0.4, -0.2) is 36.9 Å². The molecule has 0 bridgehead atoms. The zero-order valence-electron chi connectivity index (χ0n) is 16.4. The van der Waals surface area contributed by atoms with E-state index in [0.717, 1.165) is 23.3 Å². The van der Waals surface area contributed by atoms with Crippen molar-refractivity contribution in [3.63, 3.8) is 0 Å². The molecule has 0 unspecified atom stereocenters. The summed E-state index contributed by atoms with van der Waals surface area (Å²) < 4.78 is 21.9. The van der Waals surface area contributed by atoms with Crippen LogP contribution in [0.5, 0.6) is 5.75 Å². The van der Waals surface area contributed by atoms with E-state index in [1.807, 2.05) is 45.0 Å². The Morgan fingerprint density at radius 2 is 2.11 bits per heavy atom. The molecule has 0 saturated carbocycles. The number of hydrogen-bond donors (Lipinski definition) is 0. The van der Waals surface area contributed by atoms with Gasteiger partial charge in [-0.1, -0.05) is 6.07 Å². The predicted molar refractivity (Wildman–Crippen MR) is 101 cm³/mol. The average molecular weight is 373 g/mol. The van der Waals surface area contributed by atoms with Gasteiger partial charge in [-0.15, -0.1) is 0 Å². The van der Waals surface area contributed by atoms with Gasteiger partial charge in [-0.3, -0.25) is 4.90 Å². The fourth-order valence-corrected chi connectivity index (χ4v) is 3.20. The summed E-state index contributed by atoms with van der Waals surface area (Å²) in [5, 5.41) is 0. The molecule has 0 saturated heterocycles. The Morgan fingerprint density at radius 1 is 1.30 bits per heavy atom. The van der Waals surface area contributed by atoms with E-state index in [1.165, 1.54) is 5.56 Å². The first-order valence-electron chi connectivity index (χ1n) is 9.12. The summed E-state index contributed by atoms with van der Waals surface area (Å²) in [5.74, 6) is 0.803. The lowest BCUT2D eigenvalue weighted by Gasteiger charge is -2.37. The second kappa shape index (κ2) is 8.05. The van der Waals surface area contributed by atoms with E-state index in [0.29, 0.717) is 19.8 Å². The number of nitrogens with zero attached hydrogens (tertiary/aromatic N) is 1. The highest BCUT2D eigenvalue weighted by Gasteiger charge is 2.33. The van der Waals surface area contributed by atoms with Crippen LogP contribution in [0, 0.1) is 0 Å². The quantitative estimate of drug-likeness (QED) is 0.780. The summed E-state index contributed by atoms with van der Waals surface area (Å²) in [4.78, 5) is 14.4. The maximum Gasteiger partial charge on any atom is 0.410 e. The third-order valence-electron chi connectivity index (χ3n) is 4.41. The van der Waals surface area contributed by atoms with Crippen molar-refractivity contribution in [1.29, 1.82) is 0 Å². The topological polar surface area (TPSA) is 61.1 Å². The SMILES string of the molecule is COC[C@H]1c2ccc(OCc3ccoc3)cc2CCN1C(=O)OC(C)(C)C. The molecule has 1 aromatic heterocycles. The molecule has 146 valence electrons. The first-order valence-corrected chi connectivity index (χ1v) is 9.12. The van der Waals surface area contributed by atoms with Gasteiger partial charge in [0.25, 0.3) is 0 Å². The number of carbonyl (C=O) groups is 1. The van der Waals surface area contributed by atoms with E-state index < -0.39 is 5.60 Å². The van der Waals surface area contributed by atoms with Crippen molar-refractivity contribution in [2.45, 2.75) is 45.4 Å². The molecule has 27 heavy (non-hydrogen) atoms. The summed E-state index contributed by atoms with van der Waals surface area (Å²) >= 11 is 0. The maximum atomic E-state index is 12.6. The lowest BCUT2D eigenvalue weighted by molar-refractivity contribution is 0.00323. The summed E-state index contributed by atoms with van der Waals surface area (Å²) in [6.45, 7) is 7.08. The van der Waals surface area contributed by atoms with E-state index in [2.05, 4.69) is 0 Å². The highest BCUT2D eigenvalue weighted by molar-refractivity contribution is 5.69. The molecule has 1 atom stereocenters. The van der Waals surface area contributed by atoms with E-state index in [-0.39, 0.29) is 12.1 Å². The van der Waals surface area contributed by atoms with Crippen LogP contribution in [0.15, 0.2) is 41.2 Å². The number of hydrogen-bond acceptors (Lipinski definition) is 5. The third kappa shape index (κ3) is 4.83. The monoisotopic (exact) mass is 373 g/mol. The summed E-state index contributed by atoms with van der Waals surface area (Å²) in [6, 6.07) is 7.70. The molecular weight excluding hydrogens is 346 g/mol. The first-order chi connectivity index (χ1) is 12.9. The molecule has 0 N–H and O–H groups in total. The van der Waals surface area contributed by atoms with Gasteiger partial charge in [0.2, 0.25) is 0 Å². The van der Waals surface area contributed by atoms with Gasteiger partial charge in [-0.05, 0) is 56.5 Å². The Kier molecular flexibility index (Phi) is 5.75. The van der Waals surface area contributed by atoms with Gasteiger partial charge in [0.15, 0.2) is 0 Å². The van der Waals surface area contributed by atoms with Crippen LogP contribution in [0.2, 0.25) is 0 Å². The lowest BCUT2D eigenvalue weighted by atomic mass is 9.93. The van der Waals surface area contributed by atoms with Crippen molar-refractivity contribution < 1.29 is 23.4 Å². The molecule has 6 nitrogen and oxygen atoms in total. The maximum absolute atomic E-state index is 12.6. The average Bonchev–Trinajstić information content (AvgIpc) is 3.12. The molecule has 1 aliphatic rings. The predicted octanol–water partition coefficient (Wildman–Crippen LogP) is 4.34. The highest BCUT2D eigenvalue weighted by atomic mass is 16.6. The van der Waals surface area contributed by atoms with Crippen LogP contribution in [0.1, 0.15) is 43.5 Å². The van der Waals surface area contributed by atoms with Crippen molar-refractivity contribution in [3.8, 4) is 5.75 Å². The van der Waals surface area contributed by atoms with Gasteiger partial charge < -0.3 is 18.6 Å². The summed E-state index contributed by atoms with van der Waals surface area (Å²) in [6.07, 6.45) is 3.74. The fourth-order valence-electron chi connectivity index (χ4n) is 3.20. The molecule has 6 heteroatoms. The van der Waals surface area contributed by atoms with Crippen LogP contribution in [-0.2, 0) is 22.5 Å². The normalized spacial score (nSPS) is 16.7. The fraction of sp³-hybridized carbons (Fsp3) is 0.476. The molecule has 2 aromatic rings. The first kappa shape index (κ1) is 19.3. The molecule has 2 heterocycles. The number of benzene rings is 1.